The first-order chi connectivity index (χ1) is 9.70. The van der Waals surface area contributed by atoms with Gasteiger partial charge in [0.25, 0.3) is 5.91 Å². The van der Waals surface area contributed by atoms with E-state index >= 15 is 0 Å². The molecule has 2 rings (SSSR count). The van der Waals surface area contributed by atoms with E-state index < -0.39 is 0 Å². The molecule has 1 saturated heterocycles. The third kappa shape index (κ3) is 3.85. The van der Waals surface area contributed by atoms with Crippen LogP contribution < -0.4 is 5.32 Å². The number of hydrogen-bond acceptors (Lipinski definition) is 3. The predicted octanol–water partition coefficient (Wildman–Crippen LogP) is 2.19. The molecule has 0 atom stereocenters. The Morgan fingerprint density at radius 1 is 1.40 bits per heavy atom. The highest BCUT2D eigenvalue weighted by Crippen LogP contribution is 2.13. The highest BCUT2D eigenvalue weighted by molar-refractivity contribution is 5.91. The number of likely N-dealkylation sites (tertiary alicyclic amines) is 1. The van der Waals surface area contributed by atoms with Crippen molar-refractivity contribution in [3.63, 3.8) is 0 Å². The summed E-state index contributed by atoms with van der Waals surface area (Å²) in [4.78, 5) is 25.6. The zero-order chi connectivity index (χ0) is 14.4. The minimum absolute atomic E-state index is 0.128. The second-order valence-electron chi connectivity index (χ2n) is 5.21. The normalized spacial score (nSPS) is 16.1. The van der Waals surface area contributed by atoms with Crippen LogP contribution >= 0.6 is 0 Å². The number of nitrogens with one attached hydrogen (secondary N) is 1. The van der Waals surface area contributed by atoms with E-state index in [0.29, 0.717) is 12.2 Å². The molecule has 0 saturated carbocycles. The highest BCUT2D eigenvalue weighted by atomic mass is 16.3. The summed E-state index contributed by atoms with van der Waals surface area (Å²) in [6.45, 7) is 3.54. The van der Waals surface area contributed by atoms with Crippen molar-refractivity contribution in [3.8, 4) is 0 Å². The lowest BCUT2D eigenvalue weighted by Gasteiger charge is -2.32. The number of rotatable bonds is 5. The summed E-state index contributed by atoms with van der Waals surface area (Å²) in [7, 11) is 0. The van der Waals surface area contributed by atoms with Crippen molar-refractivity contribution in [2.45, 2.75) is 45.1 Å². The molecule has 5 heteroatoms. The van der Waals surface area contributed by atoms with Crippen molar-refractivity contribution in [2.24, 2.45) is 0 Å². The zero-order valence-electron chi connectivity index (χ0n) is 11.9. The first-order valence-corrected chi connectivity index (χ1v) is 7.33. The van der Waals surface area contributed by atoms with Gasteiger partial charge in [0.05, 0.1) is 6.26 Å². The van der Waals surface area contributed by atoms with Crippen LogP contribution in [-0.2, 0) is 4.79 Å². The van der Waals surface area contributed by atoms with Gasteiger partial charge in [-0.25, -0.2) is 0 Å². The van der Waals surface area contributed by atoms with Gasteiger partial charge in [0.2, 0.25) is 5.91 Å². The van der Waals surface area contributed by atoms with Gasteiger partial charge in [-0.3, -0.25) is 9.59 Å². The molecule has 1 aromatic heterocycles. The average Bonchev–Trinajstić information content (AvgIpc) is 3.00. The van der Waals surface area contributed by atoms with E-state index in [-0.39, 0.29) is 17.9 Å². The molecule has 2 heterocycles. The summed E-state index contributed by atoms with van der Waals surface area (Å²) in [5.41, 5.74) is 0. The van der Waals surface area contributed by atoms with Gasteiger partial charge < -0.3 is 14.6 Å². The number of piperidine rings is 1. The van der Waals surface area contributed by atoms with E-state index in [9.17, 15) is 9.59 Å². The molecule has 1 aromatic rings. The molecule has 110 valence electrons. The van der Waals surface area contributed by atoms with Crippen LogP contribution in [0.1, 0.15) is 49.6 Å². The number of carbonyl (C=O) groups excluding carboxylic acids is 2. The van der Waals surface area contributed by atoms with Gasteiger partial charge in [-0.05, 0) is 31.4 Å². The summed E-state index contributed by atoms with van der Waals surface area (Å²) < 4.78 is 5.06. The number of nitrogens with zero attached hydrogens (tertiary/aromatic N) is 1. The Kier molecular flexibility index (Phi) is 5.21. The molecule has 0 spiro atoms. The average molecular weight is 278 g/mol. The molecular formula is C15H22N2O3. The van der Waals surface area contributed by atoms with Crippen LogP contribution in [0, 0.1) is 0 Å². The molecule has 20 heavy (non-hydrogen) atoms. The largest absolute Gasteiger partial charge is 0.459 e. The minimum atomic E-state index is -0.175. The van der Waals surface area contributed by atoms with Crippen LogP contribution in [-0.4, -0.2) is 35.8 Å². The lowest BCUT2D eigenvalue weighted by atomic mass is 10.0. The molecule has 1 aliphatic rings. The SMILES string of the molecule is CCCCC(=O)N1CCC(NC(=O)c2ccco2)CC1. The third-order valence-electron chi connectivity index (χ3n) is 3.67. The Hall–Kier alpha value is -1.78. The van der Waals surface area contributed by atoms with Gasteiger partial charge in [-0.2, -0.15) is 0 Å². The van der Waals surface area contributed by atoms with Crippen LogP contribution in [0.15, 0.2) is 22.8 Å². The molecular weight excluding hydrogens is 256 g/mol. The summed E-state index contributed by atoms with van der Waals surface area (Å²) in [6.07, 6.45) is 5.74. The van der Waals surface area contributed by atoms with E-state index in [1.165, 1.54) is 6.26 Å². The topological polar surface area (TPSA) is 62.6 Å². The van der Waals surface area contributed by atoms with Crippen LogP contribution in [0.4, 0.5) is 0 Å². The van der Waals surface area contributed by atoms with Crippen molar-refractivity contribution < 1.29 is 14.0 Å². The second-order valence-corrected chi connectivity index (χ2v) is 5.21. The van der Waals surface area contributed by atoms with Gasteiger partial charge in [-0.15, -0.1) is 0 Å². The van der Waals surface area contributed by atoms with Crippen LogP contribution in [0.25, 0.3) is 0 Å². The number of hydrogen-bond donors (Lipinski definition) is 1. The Morgan fingerprint density at radius 3 is 2.75 bits per heavy atom. The standard InChI is InChI=1S/C15H22N2O3/c1-2-3-6-14(18)17-9-7-12(8-10-17)16-15(19)13-5-4-11-20-13/h4-5,11-12H,2-3,6-10H2,1H3,(H,16,19). The summed E-state index contributed by atoms with van der Waals surface area (Å²) >= 11 is 0. The molecule has 1 fully saturated rings. The number of carbonyl (C=O) groups is 2. The monoisotopic (exact) mass is 278 g/mol. The summed E-state index contributed by atoms with van der Waals surface area (Å²) in [5.74, 6) is 0.403. The van der Waals surface area contributed by atoms with Crippen molar-refractivity contribution in [3.05, 3.63) is 24.2 Å². The first kappa shape index (κ1) is 14.6. The third-order valence-corrected chi connectivity index (χ3v) is 3.67. The molecule has 0 unspecified atom stereocenters. The molecule has 2 amide bonds. The highest BCUT2D eigenvalue weighted by Gasteiger charge is 2.24. The molecule has 0 aromatic carbocycles. The molecule has 0 radical (unpaired) electrons. The van der Waals surface area contributed by atoms with Crippen molar-refractivity contribution in [1.29, 1.82) is 0 Å². The Bertz CT molecular complexity index is 434. The van der Waals surface area contributed by atoms with Crippen LogP contribution in [0.2, 0.25) is 0 Å². The van der Waals surface area contributed by atoms with E-state index in [4.69, 9.17) is 4.42 Å². The number of amides is 2. The van der Waals surface area contributed by atoms with Gasteiger partial charge in [0.15, 0.2) is 5.76 Å². The minimum Gasteiger partial charge on any atom is -0.459 e. The molecule has 1 N–H and O–H groups in total. The maximum atomic E-state index is 11.9. The number of furan rings is 1. The van der Waals surface area contributed by atoms with Crippen LogP contribution in [0.3, 0.4) is 0 Å². The Morgan fingerprint density at radius 2 is 2.15 bits per heavy atom. The first-order valence-electron chi connectivity index (χ1n) is 7.33. The van der Waals surface area contributed by atoms with Crippen molar-refractivity contribution in [1.82, 2.24) is 10.2 Å². The number of unbranched alkanes of at least 4 members (excludes halogenated alkanes) is 1. The van der Waals surface area contributed by atoms with Crippen molar-refractivity contribution in [2.75, 3.05) is 13.1 Å². The maximum absolute atomic E-state index is 11.9. The molecule has 0 aliphatic carbocycles. The molecule has 5 nitrogen and oxygen atoms in total. The van der Waals surface area contributed by atoms with Gasteiger partial charge in [0, 0.05) is 25.6 Å². The smallest absolute Gasteiger partial charge is 0.287 e. The lowest BCUT2D eigenvalue weighted by Crippen LogP contribution is -2.46. The van der Waals surface area contributed by atoms with Gasteiger partial charge >= 0.3 is 0 Å². The van der Waals surface area contributed by atoms with E-state index in [0.717, 1.165) is 38.8 Å². The molecule has 1 aliphatic heterocycles. The van der Waals surface area contributed by atoms with Crippen LogP contribution in [0.5, 0.6) is 0 Å². The predicted molar refractivity (Wildman–Crippen MR) is 75.3 cm³/mol. The zero-order valence-corrected chi connectivity index (χ0v) is 11.9. The fourth-order valence-electron chi connectivity index (χ4n) is 2.42. The Labute approximate surface area is 119 Å². The van der Waals surface area contributed by atoms with E-state index in [1.807, 2.05) is 4.90 Å². The lowest BCUT2D eigenvalue weighted by molar-refractivity contribution is -0.132. The van der Waals surface area contributed by atoms with E-state index in [1.54, 1.807) is 12.1 Å². The maximum Gasteiger partial charge on any atom is 0.287 e. The summed E-state index contributed by atoms with van der Waals surface area (Å²) in [5, 5.41) is 2.95. The van der Waals surface area contributed by atoms with Crippen molar-refractivity contribution >= 4 is 11.8 Å². The Balaban J connectivity index is 1.74. The summed E-state index contributed by atoms with van der Waals surface area (Å²) in [6, 6.07) is 3.48. The van der Waals surface area contributed by atoms with Gasteiger partial charge in [-0.1, -0.05) is 13.3 Å². The second kappa shape index (κ2) is 7.12. The van der Waals surface area contributed by atoms with Gasteiger partial charge in [0.1, 0.15) is 0 Å². The van der Waals surface area contributed by atoms with E-state index in [2.05, 4.69) is 12.2 Å². The molecule has 0 bridgehead atoms. The quantitative estimate of drug-likeness (QED) is 0.898. The fourth-order valence-corrected chi connectivity index (χ4v) is 2.42. The fraction of sp³-hybridized carbons (Fsp3) is 0.600.